The van der Waals surface area contributed by atoms with Crippen molar-refractivity contribution in [3.8, 4) is 0 Å². The van der Waals surface area contributed by atoms with Crippen LogP contribution in [-0.4, -0.2) is 32.2 Å². The molecule has 2 N–H and O–H groups in total. The van der Waals surface area contributed by atoms with Gasteiger partial charge in [-0.3, -0.25) is 4.72 Å². The van der Waals surface area contributed by atoms with E-state index in [1.807, 2.05) is 13.8 Å². The predicted octanol–water partition coefficient (Wildman–Crippen LogP) is 2.28. The fraction of sp³-hybridized carbons (Fsp3) is 0.750. The maximum Gasteiger partial charge on any atom is 0.234 e. The molecular weight excluding hydrogens is 282 g/mol. The third kappa shape index (κ3) is 6.35. The van der Waals surface area contributed by atoms with E-state index in [1.165, 1.54) is 11.3 Å². The summed E-state index contributed by atoms with van der Waals surface area (Å²) < 4.78 is 26.2. The van der Waals surface area contributed by atoms with Crippen molar-refractivity contribution < 1.29 is 8.42 Å². The lowest BCUT2D eigenvalue weighted by atomic mass is 10.3. The first-order valence-corrected chi connectivity index (χ1v) is 9.06. The van der Waals surface area contributed by atoms with Gasteiger partial charge in [-0.2, -0.15) is 0 Å². The number of thiazole rings is 1. The summed E-state index contributed by atoms with van der Waals surface area (Å²) in [6.45, 7) is 7.79. The molecule has 0 spiro atoms. The molecule has 0 aliphatic carbocycles. The highest BCUT2D eigenvalue weighted by atomic mass is 32.2. The number of hydrogen-bond donors (Lipinski definition) is 2. The number of anilines is 1. The van der Waals surface area contributed by atoms with E-state index >= 15 is 0 Å². The van der Waals surface area contributed by atoms with Gasteiger partial charge in [0.1, 0.15) is 0 Å². The molecule has 19 heavy (non-hydrogen) atoms. The van der Waals surface area contributed by atoms with Gasteiger partial charge in [-0.25, -0.2) is 13.4 Å². The van der Waals surface area contributed by atoms with Gasteiger partial charge in [0.15, 0.2) is 5.13 Å². The summed E-state index contributed by atoms with van der Waals surface area (Å²) in [6.07, 6.45) is 2.63. The van der Waals surface area contributed by atoms with E-state index in [2.05, 4.69) is 21.9 Å². The number of aryl methyl sites for hydroxylation is 2. The van der Waals surface area contributed by atoms with Crippen LogP contribution in [0.25, 0.3) is 0 Å². The zero-order valence-electron chi connectivity index (χ0n) is 11.8. The summed E-state index contributed by atoms with van der Waals surface area (Å²) in [5.74, 6) is 0.151. The summed E-state index contributed by atoms with van der Waals surface area (Å²) >= 11 is 1.38. The van der Waals surface area contributed by atoms with E-state index in [4.69, 9.17) is 0 Å². The molecule has 0 atom stereocenters. The standard InChI is InChI=1S/C12H23N3O2S2/c1-4-7-13-8-5-6-9-19(16,17)15-12-14-10(2)11(3)18-12/h13H,4-9H2,1-3H3,(H,14,15). The molecule has 0 saturated heterocycles. The van der Waals surface area contributed by atoms with Crippen molar-refractivity contribution in [2.24, 2.45) is 0 Å². The minimum absolute atomic E-state index is 0.151. The lowest BCUT2D eigenvalue weighted by Gasteiger charge is -2.05. The third-order valence-electron chi connectivity index (χ3n) is 2.71. The molecule has 5 nitrogen and oxygen atoms in total. The molecule has 1 rings (SSSR count). The monoisotopic (exact) mass is 305 g/mol. The fourth-order valence-electron chi connectivity index (χ4n) is 1.54. The van der Waals surface area contributed by atoms with E-state index < -0.39 is 10.0 Å². The number of rotatable bonds is 9. The SMILES string of the molecule is CCCNCCCCS(=O)(=O)Nc1nc(C)c(C)s1. The van der Waals surface area contributed by atoms with Gasteiger partial charge in [0.25, 0.3) is 0 Å². The van der Waals surface area contributed by atoms with Gasteiger partial charge in [0, 0.05) is 4.88 Å². The minimum atomic E-state index is -3.26. The van der Waals surface area contributed by atoms with Crippen molar-refractivity contribution in [2.45, 2.75) is 40.0 Å². The Hall–Kier alpha value is -0.660. The lowest BCUT2D eigenvalue weighted by molar-refractivity contribution is 0.590. The second-order valence-electron chi connectivity index (χ2n) is 4.54. The quantitative estimate of drug-likeness (QED) is 0.687. The second-order valence-corrected chi connectivity index (χ2v) is 7.58. The van der Waals surface area contributed by atoms with Gasteiger partial charge in [-0.1, -0.05) is 6.92 Å². The Morgan fingerprint density at radius 3 is 2.53 bits per heavy atom. The summed E-state index contributed by atoms with van der Waals surface area (Å²) in [7, 11) is -3.26. The van der Waals surface area contributed by atoms with Crippen molar-refractivity contribution in [3.05, 3.63) is 10.6 Å². The Morgan fingerprint density at radius 2 is 1.95 bits per heavy atom. The summed E-state index contributed by atoms with van der Waals surface area (Å²) in [6, 6.07) is 0. The molecule has 0 radical (unpaired) electrons. The average molecular weight is 305 g/mol. The average Bonchev–Trinajstić information content (AvgIpc) is 2.62. The van der Waals surface area contributed by atoms with Crippen molar-refractivity contribution in [3.63, 3.8) is 0 Å². The van der Waals surface area contributed by atoms with Gasteiger partial charge < -0.3 is 5.32 Å². The van der Waals surface area contributed by atoms with Crippen LogP contribution in [0.1, 0.15) is 36.8 Å². The normalized spacial score (nSPS) is 11.7. The van der Waals surface area contributed by atoms with Crippen molar-refractivity contribution >= 4 is 26.5 Å². The minimum Gasteiger partial charge on any atom is -0.317 e. The van der Waals surface area contributed by atoms with Crippen molar-refractivity contribution in [2.75, 3.05) is 23.6 Å². The van der Waals surface area contributed by atoms with Gasteiger partial charge in [-0.15, -0.1) is 11.3 Å². The van der Waals surface area contributed by atoms with Crippen LogP contribution in [0, 0.1) is 13.8 Å². The molecule has 110 valence electrons. The van der Waals surface area contributed by atoms with Crippen LogP contribution in [0.4, 0.5) is 5.13 Å². The highest BCUT2D eigenvalue weighted by Crippen LogP contribution is 2.22. The van der Waals surface area contributed by atoms with Gasteiger partial charge in [-0.05, 0) is 46.2 Å². The number of aromatic nitrogens is 1. The van der Waals surface area contributed by atoms with Crippen LogP contribution in [0.2, 0.25) is 0 Å². The maximum absolute atomic E-state index is 11.8. The number of nitrogens with one attached hydrogen (secondary N) is 2. The van der Waals surface area contributed by atoms with Gasteiger partial charge >= 0.3 is 0 Å². The number of nitrogens with zero attached hydrogens (tertiary/aromatic N) is 1. The Labute approximate surface area is 119 Å². The molecule has 0 aliphatic rings. The molecule has 0 amide bonds. The first-order chi connectivity index (χ1) is 8.94. The Balaban J connectivity index is 2.32. The molecule has 0 aromatic carbocycles. The Kier molecular flexibility index (Phi) is 6.74. The fourth-order valence-corrected chi connectivity index (χ4v) is 3.76. The molecule has 1 aromatic heterocycles. The zero-order valence-corrected chi connectivity index (χ0v) is 13.5. The van der Waals surface area contributed by atoms with E-state index in [0.717, 1.165) is 36.5 Å². The highest BCUT2D eigenvalue weighted by Gasteiger charge is 2.13. The van der Waals surface area contributed by atoms with Crippen LogP contribution in [0.3, 0.4) is 0 Å². The van der Waals surface area contributed by atoms with Crippen molar-refractivity contribution in [1.29, 1.82) is 0 Å². The molecule has 7 heteroatoms. The second kappa shape index (κ2) is 7.81. The van der Waals surface area contributed by atoms with Gasteiger partial charge in [0.05, 0.1) is 11.4 Å². The van der Waals surface area contributed by atoms with Crippen LogP contribution < -0.4 is 10.0 Å². The molecule has 0 bridgehead atoms. The Morgan fingerprint density at radius 1 is 1.21 bits per heavy atom. The van der Waals surface area contributed by atoms with E-state index in [1.54, 1.807) is 0 Å². The van der Waals surface area contributed by atoms with E-state index in [0.29, 0.717) is 11.6 Å². The predicted molar refractivity (Wildman–Crippen MR) is 81.4 cm³/mol. The van der Waals surface area contributed by atoms with Crippen LogP contribution in [-0.2, 0) is 10.0 Å². The van der Waals surface area contributed by atoms with E-state index in [9.17, 15) is 8.42 Å². The number of hydrogen-bond acceptors (Lipinski definition) is 5. The molecule has 1 heterocycles. The zero-order chi connectivity index (χ0) is 14.3. The molecule has 0 fully saturated rings. The summed E-state index contributed by atoms with van der Waals surface area (Å²) in [4.78, 5) is 5.22. The summed E-state index contributed by atoms with van der Waals surface area (Å²) in [5.41, 5.74) is 0.881. The number of sulfonamides is 1. The smallest absolute Gasteiger partial charge is 0.234 e. The topological polar surface area (TPSA) is 71.1 Å². The third-order valence-corrected chi connectivity index (χ3v) is 5.16. The first kappa shape index (κ1) is 16.4. The van der Waals surface area contributed by atoms with Crippen molar-refractivity contribution in [1.82, 2.24) is 10.3 Å². The first-order valence-electron chi connectivity index (χ1n) is 6.60. The van der Waals surface area contributed by atoms with E-state index in [-0.39, 0.29) is 5.75 Å². The Bertz CT molecular complexity index is 464. The largest absolute Gasteiger partial charge is 0.317 e. The highest BCUT2D eigenvalue weighted by molar-refractivity contribution is 7.92. The number of unbranched alkanes of at least 4 members (excludes halogenated alkanes) is 1. The van der Waals surface area contributed by atoms with Crippen LogP contribution >= 0.6 is 11.3 Å². The lowest BCUT2D eigenvalue weighted by Crippen LogP contribution is -2.19. The molecular formula is C12H23N3O2S2. The summed E-state index contributed by atoms with van der Waals surface area (Å²) in [5, 5.41) is 3.73. The molecule has 0 unspecified atom stereocenters. The van der Waals surface area contributed by atoms with Gasteiger partial charge in [0.2, 0.25) is 10.0 Å². The molecule has 0 aliphatic heterocycles. The maximum atomic E-state index is 11.8. The molecule has 0 saturated carbocycles. The van der Waals surface area contributed by atoms with Crippen LogP contribution in [0.15, 0.2) is 0 Å². The van der Waals surface area contributed by atoms with Crippen LogP contribution in [0.5, 0.6) is 0 Å². The molecule has 1 aromatic rings.